The molecule has 0 radical (unpaired) electrons. The SMILES string of the molecule is COC(=O)c1ccc(NC(=O)c2cc(S(=O)(=O)N3CCOCC3)ccc2OC)s1. The standard InChI is InChI=1S/C18H20N2O7S2/c1-25-14-4-3-12(29(23,24)20-7-9-27-10-8-20)11-13(14)17(21)19-16-6-5-15(28-16)18(22)26-2/h3-6,11H,7-10H2,1-2H3,(H,19,21). The normalized spacial score (nSPS) is 15.0. The van der Waals surface area contributed by atoms with Crippen LogP contribution in [0, 0.1) is 0 Å². The van der Waals surface area contributed by atoms with E-state index in [9.17, 15) is 18.0 Å². The number of hydrogen-bond donors (Lipinski definition) is 1. The van der Waals surface area contributed by atoms with Crippen molar-refractivity contribution in [1.29, 1.82) is 0 Å². The highest BCUT2D eigenvalue weighted by atomic mass is 32.2. The van der Waals surface area contributed by atoms with Crippen molar-refractivity contribution in [1.82, 2.24) is 4.31 Å². The second-order valence-electron chi connectivity index (χ2n) is 5.99. The zero-order valence-corrected chi connectivity index (χ0v) is 17.5. The number of carbonyl (C=O) groups is 2. The molecule has 1 aliphatic heterocycles. The van der Waals surface area contributed by atoms with Crippen molar-refractivity contribution in [2.75, 3.05) is 45.8 Å². The molecule has 1 fully saturated rings. The largest absolute Gasteiger partial charge is 0.496 e. The van der Waals surface area contributed by atoms with Crippen LogP contribution < -0.4 is 10.1 Å². The molecular weight excluding hydrogens is 420 g/mol. The van der Waals surface area contributed by atoms with Gasteiger partial charge in [0.1, 0.15) is 10.6 Å². The van der Waals surface area contributed by atoms with Gasteiger partial charge in [-0.15, -0.1) is 11.3 Å². The van der Waals surface area contributed by atoms with Crippen molar-refractivity contribution in [3.63, 3.8) is 0 Å². The Bertz CT molecular complexity index is 1010. The van der Waals surface area contributed by atoms with Gasteiger partial charge in [0.25, 0.3) is 5.91 Å². The predicted octanol–water partition coefficient (Wildman–Crippen LogP) is 1.82. The molecule has 29 heavy (non-hydrogen) atoms. The number of ether oxygens (including phenoxy) is 3. The third-order valence-electron chi connectivity index (χ3n) is 4.25. The predicted molar refractivity (Wildman–Crippen MR) is 106 cm³/mol. The van der Waals surface area contributed by atoms with Crippen molar-refractivity contribution in [2.45, 2.75) is 4.90 Å². The first-order valence-corrected chi connectivity index (χ1v) is 10.9. The first-order chi connectivity index (χ1) is 13.9. The highest BCUT2D eigenvalue weighted by Crippen LogP contribution is 2.28. The van der Waals surface area contributed by atoms with Crippen LogP contribution in [0.15, 0.2) is 35.2 Å². The van der Waals surface area contributed by atoms with Gasteiger partial charge in [-0.1, -0.05) is 0 Å². The second-order valence-corrected chi connectivity index (χ2v) is 9.01. The summed E-state index contributed by atoms with van der Waals surface area (Å²) in [6, 6.07) is 7.23. The quantitative estimate of drug-likeness (QED) is 0.682. The van der Waals surface area contributed by atoms with E-state index in [2.05, 4.69) is 10.1 Å². The summed E-state index contributed by atoms with van der Waals surface area (Å²) in [7, 11) is -1.11. The molecule has 2 aromatic rings. The molecule has 11 heteroatoms. The number of methoxy groups -OCH3 is 2. The Morgan fingerprint density at radius 2 is 1.86 bits per heavy atom. The van der Waals surface area contributed by atoms with E-state index in [1.807, 2.05) is 0 Å². The van der Waals surface area contributed by atoms with E-state index in [1.54, 1.807) is 6.07 Å². The van der Waals surface area contributed by atoms with Gasteiger partial charge in [0, 0.05) is 13.1 Å². The molecule has 3 rings (SSSR count). The molecule has 2 heterocycles. The fraction of sp³-hybridized carbons (Fsp3) is 0.333. The summed E-state index contributed by atoms with van der Waals surface area (Å²) in [6.07, 6.45) is 0. The molecular formula is C18H20N2O7S2. The van der Waals surface area contributed by atoms with Crippen LogP contribution >= 0.6 is 11.3 Å². The summed E-state index contributed by atoms with van der Waals surface area (Å²) in [5, 5.41) is 3.07. The average molecular weight is 440 g/mol. The third kappa shape index (κ3) is 4.58. The molecule has 0 spiro atoms. The molecule has 1 N–H and O–H groups in total. The Morgan fingerprint density at radius 3 is 2.52 bits per heavy atom. The van der Waals surface area contributed by atoms with Gasteiger partial charge in [-0.25, -0.2) is 13.2 Å². The van der Waals surface area contributed by atoms with Crippen LogP contribution in [-0.4, -0.2) is 65.1 Å². The Balaban J connectivity index is 1.87. The number of benzene rings is 1. The number of sulfonamides is 1. The lowest BCUT2D eigenvalue weighted by atomic mass is 10.2. The fourth-order valence-corrected chi connectivity index (χ4v) is 5.01. The molecule has 1 saturated heterocycles. The van der Waals surface area contributed by atoms with Crippen molar-refractivity contribution < 1.29 is 32.2 Å². The number of thiophene rings is 1. The summed E-state index contributed by atoms with van der Waals surface area (Å²) in [6.45, 7) is 1.15. The maximum Gasteiger partial charge on any atom is 0.348 e. The van der Waals surface area contributed by atoms with Gasteiger partial charge in [0.05, 0.1) is 42.9 Å². The summed E-state index contributed by atoms with van der Waals surface area (Å²) in [5.41, 5.74) is 0.0647. The van der Waals surface area contributed by atoms with Crippen LogP contribution in [0.2, 0.25) is 0 Å². The third-order valence-corrected chi connectivity index (χ3v) is 7.13. The van der Waals surface area contributed by atoms with Gasteiger partial charge in [-0.05, 0) is 30.3 Å². The molecule has 156 valence electrons. The number of nitrogens with zero attached hydrogens (tertiary/aromatic N) is 1. The number of amides is 1. The fourth-order valence-electron chi connectivity index (χ4n) is 2.76. The Hall–Kier alpha value is -2.47. The zero-order chi connectivity index (χ0) is 21.0. The lowest BCUT2D eigenvalue weighted by molar-refractivity contribution is 0.0606. The molecule has 0 saturated carbocycles. The van der Waals surface area contributed by atoms with E-state index < -0.39 is 21.9 Å². The molecule has 0 bridgehead atoms. The van der Waals surface area contributed by atoms with Crippen LogP contribution in [0.1, 0.15) is 20.0 Å². The lowest BCUT2D eigenvalue weighted by Crippen LogP contribution is -2.40. The highest BCUT2D eigenvalue weighted by molar-refractivity contribution is 7.89. The van der Waals surface area contributed by atoms with Gasteiger partial charge < -0.3 is 19.5 Å². The molecule has 0 atom stereocenters. The van der Waals surface area contributed by atoms with Crippen LogP contribution in [0.25, 0.3) is 0 Å². The van der Waals surface area contributed by atoms with Crippen LogP contribution in [-0.2, 0) is 19.5 Å². The smallest absolute Gasteiger partial charge is 0.348 e. The Morgan fingerprint density at radius 1 is 1.14 bits per heavy atom. The number of nitrogens with one attached hydrogen (secondary N) is 1. The monoisotopic (exact) mass is 440 g/mol. The Labute approximate surface area is 172 Å². The van der Waals surface area contributed by atoms with Gasteiger partial charge in [-0.3, -0.25) is 4.79 Å². The minimum atomic E-state index is -3.77. The maximum atomic E-state index is 12.9. The summed E-state index contributed by atoms with van der Waals surface area (Å²) >= 11 is 1.05. The average Bonchev–Trinajstić information content (AvgIpc) is 3.21. The number of rotatable bonds is 6. The van der Waals surface area contributed by atoms with Crippen molar-refractivity contribution >= 4 is 38.2 Å². The van der Waals surface area contributed by atoms with Crippen molar-refractivity contribution in [3.05, 3.63) is 40.8 Å². The molecule has 0 unspecified atom stereocenters. The van der Waals surface area contributed by atoms with E-state index in [4.69, 9.17) is 9.47 Å². The summed E-state index contributed by atoms with van der Waals surface area (Å²) < 4.78 is 42.1. The zero-order valence-electron chi connectivity index (χ0n) is 15.8. The van der Waals surface area contributed by atoms with Crippen molar-refractivity contribution in [2.24, 2.45) is 0 Å². The molecule has 1 aromatic carbocycles. The summed E-state index contributed by atoms with van der Waals surface area (Å²) in [4.78, 5) is 24.7. The van der Waals surface area contributed by atoms with Gasteiger partial charge >= 0.3 is 5.97 Å². The van der Waals surface area contributed by atoms with E-state index in [1.165, 1.54) is 42.8 Å². The number of anilines is 1. The lowest BCUT2D eigenvalue weighted by Gasteiger charge is -2.26. The van der Waals surface area contributed by atoms with Crippen LogP contribution in [0.5, 0.6) is 5.75 Å². The van der Waals surface area contributed by atoms with Crippen LogP contribution in [0.4, 0.5) is 5.00 Å². The van der Waals surface area contributed by atoms with E-state index in [0.29, 0.717) is 23.1 Å². The minimum Gasteiger partial charge on any atom is -0.496 e. The molecule has 9 nitrogen and oxygen atoms in total. The second kappa shape index (κ2) is 8.91. The molecule has 1 aromatic heterocycles. The Kier molecular flexibility index (Phi) is 6.52. The van der Waals surface area contributed by atoms with Gasteiger partial charge in [0.2, 0.25) is 10.0 Å². The minimum absolute atomic E-state index is 0.00761. The number of hydrogen-bond acceptors (Lipinski definition) is 8. The number of esters is 1. The van der Waals surface area contributed by atoms with Gasteiger partial charge in [0.15, 0.2) is 0 Å². The molecule has 1 aliphatic rings. The van der Waals surface area contributed by atoms with Crippen LogP contribution in [0.3, 0.4) is 0 Å². The molecule has 1 amide bonds. The van der Waals surface area contributed by atoms with E-state index in [0.717, 1.165) is 11.3 Å². The number of morpholine rings is 1. The summed E-state index contributed by atoms with van der Waals surface area (Å²) in [5.74, 6) is -0.834. The van der Waals surface area contributed by atoms with E-state index >= 15 is 0 Å². The van der Waals surface area contributed by atoms with Gasteiger partial charge in [-0.2, -0.15) is 4.31 Å². The van der Waals surface area contributed by atoms with Crippen molar-refractivity contribution in [3.8, 4) is 5.75 Å². The first-order valence-electron chi connectivity index (χ1n) is 8.62. The molecule has 0 aliphatic carbocycles. The highest BCUT2D eigenvalue weighted by Gasteiger charge is 2.28. The van der Waals surface area contributed by atoms with E-state index in [-0.39, 0.29) is 29.3 Å². The topological polar surface area (TPSA) is 111 Å². The maximum absolute atomic E-state index is 12.9. The first kappa shape index (κ1) is 21.2. The number of carbonyl (C=O) groups excluding carboxylic acids is 2.